The van der Waals surface area contributed by atoms with Crippen LogP contribution < -0.4 is 10.1 Å². The number of hydrogen-bond acceptors (Lipinski definition) is 2. The fourth-order valence-electron chi connectivity index (χ4n) is 3.51. The molecule has 2 aliphatic rings. The average Bonchev–Trinajstić information content (AvgIpc) is 2.48. The minimum atomic E-state index is 0.383. The minimum absolute atomic E-state index is 0.383. The quantitative estimate of drug-likeness (QED) is 0.776. The van der Waals surface area contributed by atoms with Gasteiger partial charge in [0.1, 0.15) is 5.75 Å². The maximum atomic E-state index is 6.00. The smallest absolute Gasteiger partial charge is 0.124 e. The number of aryl methyl sites for hydroxylation is 1. The van der Waals surface area contributed by atoms with E-state index in [2.05, 4.69) is 55.6 Å². The molecule has 2 aromatic carbocycles. The zero-order valence-corrected chi connectivity index (χ0v) is 11.9. The number of nitrogens with one attached hydrogen (secondary N) is 1. The predicted molar refractivity (Wildman–Crippen MR) is 81.4 cm³/mol. The molecule has 2 heterocycles. The van der Waals surface area contributed by atoms with Gasteiger partial charge in [-0.15, -0.1) is 0 Å². The van der Waals surface area contributed by atoms with Gasteiger partial charge in [0, 0.05) is 17.2 Å². The molecule has 0 saturated heterocycles. The summed E-state index contributed by atoms with van der Waals surface area (Å²) in [6, 6.07) is 13.3. The van der Waals surface area contributed by atoms with Gasteiger partial charge in [-0.25, -0.2) is 0 Å². The molecule has 0 fully saturated rings. The summed E-state index contributed by atoms with van der Waals surface area (Å²) < 4.78 is 6.00. The molecule has 102 valence electrons. The molecule has 0 aromatic heterocycles. The molecular weight excluding hydrogens is 246 g/mol. The molecule has 4 rings (SSSR count). The van der Waals surface area contributed by atoms with Crippen LogP contribution in [0.25, 0.3) is 0 Å². The second-order valence-electron chi connectivity index (χ2n) is 5.97. The van der Waals surface area contributed by atoms with Gasteiger partial charge in [-0.2, -0.15) is 0 Å². The van der Waals surface area contributed by atoms with Gasteiger partial charge < -0.3 is 10.1 Å². The van der Waals surface area contributed by atoms with Crippen molar-refractivity contribution in [3.8, 4) is 5.75 Å². The van der Waals surface area contributed by atoms with Crippen LogP contribution in [0.5, 0.6) is 5.75 Å². The normalized spacial score (nSPS) is 22.9. The molecule has 0 radical (unpaired) electrons. The number of rotatable bonds is 0. The van der Waals surface area contributed by atoms with Gasteiger partial charge in [-0.1, -0.05) is 24.3 Å². The lowest BCUT2D eigenvalue weighted by molar-refractivity contribution is 0.197. The topological polar surface area (TPSA) is 21.3 Å². The Kier molecular flexibility index (Phi) is 2.53. The molecule has 1 N–H and O–H groups in total. The summed E-state index contributed by atoms with van der Waals surface area (Å²) in [5.74, 6) is 1.58. The van der Waals surface area contributed by atoms with E-state index >= 15 is 0 Å². The number of fused-ring (bicyclic) bond motifs is 4. The first-order valence-electron chi connectivity index (χ1n) is 7.31. The van der Waals surface area contributed by atoms with E-state index in [9.17, 15) is 0 Å². The molecule has 2 heteroatoms. The Balaban J connectivity index is 1.83. The van der Waals surface area contributed by atoms with E-state index in [-0.39, 0.29) is 0 Å². The Labute approximate surface area is 119 Å². The summed E-state index contributed by atoms with van der Waals surface area (Å²) in [6.07, 6.45) is 1.10. The van der Waals surface area contributed by atoms with E-state index in [0.717, 1.165) is 18.8 Å². The van der Waals surface area contributed by atoms with Crippen molar-refractivity contribution in [2.75, 3.05) is 11.9 Å². The lowest BCUT2D eigenvalue weighted by atomic mass is 9.80. The van der Waals surface area contributed by atoms with Gasteiger partial charge >= 0.3 is 0 Å². The summed E-state index contributed by atoms with van der Waals surface area (Å²) in [4.78, 5) is 0. The number of ether oxygens (including phenoxy) is 1. The van der Waals surface area contributed by atoms with Gasteiger partial charge in [0.25, 0.3) is 0 Å². The van der Waals surface area contributed by atoms with Crippen LogP contribution in [0, 0.1) is 19.8 Å². The van der Waals surface area contributed by atoms with E-state index in [4.69, 9.17) is 4.74 Å². The van der Waals surface area contributed by atoms with E-state index in [0.29, 0.717) is 12.0 Å². The fraction of sp³-hybridized carbons (Fsp3) is 0.333. The van der Waals surface area contributed by atoms with Crippen LogP contribution in [0.4, 0.5) is 5.69 Å². The summed E-state index contributed by atoms with van der Waals surface area (Å²) in [5, 5.41) is 3.74. The molecule has 0 spiro atoms. The predicted octanol–water partition coefficient (Wildman–Crippen LogP) is 4.02. The van der Waals surface area contributed by atoms with Gasteiger partial charge in [-0.3, -0.25) is 0 Å². The number of anilines is 1. The number of para-hydroxylation sites is 1. The minimum Gasteiger partial charge on any atom is -0.493 e. The van der Waals surface area contributed by atoms with Crippen molar-refractivity contribution < 1.29 is 4.74 Å². The molecule has 2 aliphatic heterocycles. The van der Waals surface area contributed by atoms with Crippen LogP contribution in [0.3, 0.4) is 0 Å². The standard InChI is InChI=1S/C18H19NO/c1-11-7-8-16-17(12(11)2)18-14(10-20-16)9-13-5-3-4-6-15(13)19-18/h3-8,14,18-19H,9-10H2,1-2H3. The van der Waals surface area contributed by atoms with Gasteiger partial charge in [-0.05, 0) is 49.1 Å². The van der Waals surface area contributed by atoms with E-state index in [1.54, 1.807) is 0 Å². The highest BCUT2D eigenvalue weighted by Crippen LogP contribution is 2.45. The van der Waals surface area contributed by atoms with Crippen LogP contribution in [-0.4, -0.2) is 6.61 Å². The van der Waals surface area contributed by atoms with Crippen molar-refractivity contribution in [2.45, 2.75) is 26.3 Å². The Morgan fingerprint density at radius 1 is 1.10 bits per heavy atom. The SMILES string of the molecule is Cc1ccc2c(c1C)C1Nc3ccccc3CC1CO2. The van der Waals surface area contributed by atoms with Crippen LogP contribution in [0.2, 0.25) is 0 Å². The van der Waals surface area contributed by atoms with Crippen molar-refractivity contribution in [1.29, 1.82) is 0 Å². The molecule has 2 aromatic rings. The lowest BCUT2D eigenvalue weighted by Crippen LogP contribution is -2.36. The van der Waals surface area contributed by atoms with Crippen molar-refractivity contribution in [3.05, 3.63) is 58.7 Å². The third kappa shape index (κ3) is 1.64. The summed E-state index contributed by atoms with van der Waals surface area (Å²) in [6.45, 7) is 5.19. The molecule has 20 heavy (non-hydrogen) atoms. The third-order valence-electron chi connectivity index (χ3n) is 4.79. The second-order valence-corrected chi connectivity index (χ2v) is 5.97. The lowest BCUT2D eigenvalue weighted by Gasteiger charge is -2.40. The Morgan fingerprint density at radius 2 is 1.95 bits per heavy atom. The Morgan fingerprint density at radius 3 is 2.85 bits per heavy atom. The number of hydrogen-bond donors (Lipinski definition) is 1. The highest BCUT2D eigenvalue weighted by molar-refractivity contribution is 5.59. The van der Waals surface area contributed by atoms with Crippen LogP contribution in [0.15, 0.2) is 36.4 Å². The molecule has 0 saturated carbocycles. The third-order valence-corrected chi connectivity index (χ3v) is 4.79. The molecule has 0 bridgehead atoms. The first-order valence-corrected chi connectivity index (χ1v) is 7.31. The van der Waals surface area contributed by atoms with Crippen LogP contribution in [0.1, 0.15) is 28.3 Å². The maximum absolute atomic E-state index is 6.00. The average molecular weight is 265 g/mol. The van der Waals surface area contributed by atoms with Gasteiger partial charge in [0.15, 0.2) is 0 Å². The first kappa shape index (κ1) is 11.8. The van der Waals surface area contributed by atoms with Gasteiger partial charge in [0.2, 0.25) is 0 Å². The van der Waals surface area contributed by atoms with Crippen LogP contribution in [-0.2, 0) is 6.42 Å². The monoisotopic (exact) mass is 265 g/mol. The highest BCUT2D eigenvalue weighted by Gasteiger charge is 2.36. The largest absolute Gasteiger partial charge is 0.493 e. The molecule has 2 unspecified atom stereocenters. The van der Waals surface area contributed by atoms with Crippen molar-refractivity contribution in [1.82, 2.24) is 0 Å². The summed E-state index contributed by atoms with van der Waals surface area (Å²) >= 11 is 0. The molecular formula is C18H19NO. The Bertz CT molecular complexity index is 677. The van der Waals surface area contributed by atoms with E-state index in [1.165, 1.54) is 27.9 Å². The van der Waals surface area contributed by atoms with Crippen molar-refractivity contribution in [2.24, 2.45) is 5.92 Å². The fourth-order valence-corrected chi connectivity index (χ4v) is 3.51. The molecule has 2 nitrogen and oxygen atoms in total. The van der Waals surface area contributed by atoms with E-state index < -0.39 is 0 Å². The summed E-state index contributed by atoms with van der Waals surface area (Å²) in [7, 11) is 0. The highest BCUT2D eigenvalue weighted by atomic mass is 16.5. The second kappa shape index (κ2) is 4.27. The first-order chi connectivity index (χ1) is 9.74. The van der Waals surface area contributed by atoms with E-state index in [1.807, 2.05) is 0 Å². The van der Waals surface area contributed by atoms with Crippen molar-refractivity contribution in [3.63, 3.8) is 0 Å². The number of benzene rings is 2. The van der Waals surface area contributed by atoms with Crippen LogP contribution >= 0.6 is 0 Å². The zero-order chi connectivity index (χ0) is 13.7. The molecule has 2 atom stereocenters. The summed E-state index contributed by atoms with van der Waals surface area (Å²) in [5.41, 5.74) is 6.75. The molecule has 0 aliphatic carbocycles. The Hall–Kier alpha value is -1.96. The molecule has 0 amide bonds. The van der Waals surface area contributed by atoms with Crippen molar-refractivity contribution >= 4 is 5.69 Å². The maximum Gasteiger partial charge on any atom is 0.124 e. The zero-order valence-electron chi connectivity index (χ0n) is 11.9. The van der Waals surface area contributed by atoms with Gasteiger partial charge in [0.05, 0.1) is 12.6 Å².